The van der Waals surface area contributed by atoms with Crippen LogP contribution in [0.5, 0.6) is 0 Å². The van der Waals surface area contributed by atoms with Gasteiger partial charge in [-0.15, -0.1) is 0 Å². The van der Waals surface area contributed by atoms with E-state index in [2.05, 4.69) is 16.0 Å². The number of carbonyl (C=O) groups excluding carboxylic acids is 3. The van der Waals surface area contributed by atoms with Gasteiger partial charge in [0.2, 0.25) is 11.8 Å². The van der Waals surface area contributed by atoms with Crippen LogP contribution in [0.3, 0.4) is 0 Å². The fourth-order valence-corrected chi connectivity index (χ4v) is 4.22. The van der Waals surface area contributed by atoms with Gasteiger partial charge in [0.05, 0.1) is 18.1 Å². The molecule has 0 spiro atoms. The normalized spacial score (nSPS) is 26.6. The van der Waals surface area contributed by atoms with Crippen molar-refractivity contribution < 1.29 is 19.5 Å². The molecule has 4 N–H and O–H groups in total. The second-order valence-corrected chi connectivity index (χ2v) is 8.85. The van der Waals surface area contributed by atoms with Crippen LogP contribution in [-0.4, -0.2) is 90.7 Å². The zero-order valence-corrected chi connectivity index (χ0v) is 17.8. The maximum atomic E-state index is 13.5. The minimum atomic E-state index is -0.692. The molecule has 5 atom stereocenters. The molecular weight excluding hydrogens is 362 g/mol. The Labute approximate surface area is 167 Å². The molecule has 9 nitrogen and oxygen atoms in total. The summed E-state index contributed by atoms with van der Waals surface area (Å²) >= 11 is 0. The van der Waals surface area contributed by atoms with Crippen molar-refractivity contribution in [2.45, 2.75) is 58.3 Å². The second-order valence-electron chi connectivity index (χ2n) is 8.85. The van der Waals surface area contributed by atoms with E-state index in [-0.39, 0.29) is 42.5 Å². The number of nitrogens with zero attached hydrogens (tertiary/aromatic N) is 2. The zero-order valence-electron chi connectivity index (χ0n) is 17.8. The first-order valence-electron chi connectivity index (χ1n) is 9.94. The third kappa shape index (κ3) is 4.25. The van der Waals surface area contributed by atoms with Crippen LogP contribution in [0.25, 0.3) is 0 Å². The molecule has 2 heterocycles. The molecule has 9 heteroatoms. The number of hydrogen-bond donors (Lipinski definition) is 4. The number of fused-ring (bicyclic) bond motifs is 1. The van der Waals surface area contributed by atoms with Crippen molar-refractivity contribution in [3.8, 4) is 0 Å². The van der Waals surface area contributed by atoms with E-state index >= 15 is 0 Å². The van der Waals surface area contributed by atoms with Gasteiger partial charge >= 0.3 is 6.03 Å². The topological polar surface area (TPSA) is 114 Å². The van der Waals surface area contributed by atoms with E-state index in [0.29, 0.717) is 19.5 Å². The highest BCUT2D eigenvalue weighted by Gasteiger charge is 2.53. The van der Waals surface area contributed by atoms with Crippen LogP contribution in [0.4, 0.5) is 4.79 Å². The van der Waals surface area contributed by atoms with E-state index in [1.165, 1.54) is 0 Å². The first-order valence-corrected chi connectivity index (χ1v) is 9.94. The van der Waals surface area contributed by atoms with Gasteiger partial charge in [-0.1, -0.05) is 20.8 Å². The average Bonchev–Trinajstić information content (AvgIpc) is 3.23. The number of nitrogens with one attached hydrogen (secondary N) is 3. The summed E-state index contributed by atoms with van der Waals surface area (Å²) in [5, 5.41) is 18.3. The predicted octanol–water partition coefficient (Wildman–Crippen LogP) is -0.642. The molecule has 2 rings (SSSR count). The molecule has 28 heavy (non-hydrogen) atoms. The first-order chi connectivity index (χ1) is 13.1. The lowest BCUT2D eigenvalue weighted by Crippen LogP contribution is -2.59. The van der Waals surface area contributed by atoms with Crippen LogP contribution >= 0.6 is 0 Å². The fourth-order valence-electron chi connectivity index (χ4n) is 4.22. The van der Waals surface area contributed by atoms with Gasteiger partial charge in [0.25, 0.3) is 0 Å². The van der Waals surface area contributed by atoms with Gasteiger partial charge in [-0.2, -0.15) is 0 Å². The Hall–Kier alpha value is -1.87. The summed E-state index contributed by atoms with van der Waals surface area (Å²) in [6.45, 7) is 8.32. The Morgan fingerprint density at radius 1 is 1.18 bits per heavy atom. The van der Waals surface area contributed by atoms with Gasteiger partial charge in [-0.3, -0.25) is 9.59 Å². The summed E-state index contributed by atoms with van der Waals surface area (Å²) in [5.74, 6) is -0.584. The SMILES string of the molecule is CNC(=O)N1C[C@H](CO)[C@@H]2[C@H]1CCN2C(=O)[C@@H](NC(=O)[C@H](C)NC)C(C)(C)C. The molecular formula is C19H35N5O4. The number of rotatable bonds is 5. The molecule has 0 aromatic rings. The van der Waals surface area contributed by atoms with Crippen molar-refractivity contribution in [1.29, 1.82) is 0 Å². The van der Waals surface area contributed by atoms with E-state index in [9.17, 15) is 19.5 Å². The third-order valence-corrected chi connectivity index (χ3v) is 5.95. The number of hydrogen-bond acceptors (Lipinski definition) is 5. The van der Waals surface area contributed by atoms with E-state index < -0.39 is 17.5 Å². The molecule has 160 valence electrons. The number of urea groups is 1. The molecule has 0 aliphatic carbocycles. The predicted molar refractivity (Wildman–Crippen MR) is 106 cm³/mol. The Kier molecular flexibility index (Phi) is 6.93. The van der Waals surface area contributed by atoms with Gasteiger partial charge in [0, 0.05) is 32.7 Å². The van der Waals surface area contributed by atoms with Crippen LogP contribution in [-0.2, 0) is 9.59 Å². The van der Waals surface area contributed by atoms with Gasteiger partial charge in [0.1, 0.15) is 6.04 Å². The summed E-state index contributed by atoms with van der Waals surface area (Å²) in [6, 6.07) is -1.65. The van der Waals surface area contributed by atoms with Crippen LogP contribution < -0.4 is 16.0 Å². The Bertz CT molecular complexity index is 606. The molecule has 2 aliphatic rings. The summed E-state index contributed by atoms with van der Waals surface area (Å²) in [5.41, 5.74) is -0.480. The molecule has 2 saturated heterocycles. The smallest absolute Gasteiger partial charge is 0.317 e. The zero-order chi connectivity index (χ0) is 21.2. The number of aliphatic hydroxyl groups is 1. The molecule has 4 amide bonds. The number of likely N-dealkylation sites (N-methyl/N-ethyl adjacent to an activating group) is 1. The Morgan fingerprint density at radius 3 is 2.32 bits per heavy atom. The van der Waals surface area contributed by atoms with Crippen molar-refractivity contribution >= 4 is 17.8 Å². The highest BCUT2D eigenvalue weighted by Crippen LogP contribution is 2.37. The minimum Gasteiger partial charge on any atom is -0.396 e. The molecule has 2 aliphatic heterocycles. The lowest BCUT2D eigenvalue weighted by molar-refractivity contribution is -0.141. The molecule has 0 aromatic carbocycles. The standard InChI is InChI=1S/C19H35N5O4/c1-11(20-5)16(26)22-15(19(2,3)4)17(27)23-8-7-13-14(23)12(10-25)9-24(13)18(28)21-6/h11-15,20,25H,7-10H2,1-6H3,(H,21,28)(H,22,26)/t11-,12+,13+,14+,15+/m0/s1. The first kappa shape index (κ1) is 22.4. The monoisotopic (exact) mass is 397 g/mol. The van der Waals surface area contributed by atoms with E-state index in [1.54, 1.807) is 30.8 Å². The number of likely N-dealkylation sites (tertiary alicyclic amines) is 2. The van der Waals surface area contributed by atoms with Gasteiger partial charge in [0.15, 0.2) is 0 Å². The average molecular weight is 398 g/mol. The van der Waals surface area contributed by atoms with Crippen LogP contribution in [0.1, 0.15) is 34.1 Å². The Balaban J connectivity index is 2.25. The summed E-state index contributed by atoms with van der Waals surface area (Å²) in [4.78, 5) is 41.6. The fraction of sp³-hybridized carbons (Fsp3) is 0.842. The van der Waals surface area contributed by atoms with Crippen molar-refractivity contribution in [2.24, 2.45) is 11.3 Å². The number of amides is 4. The van der Waals surface area contributed by atoms with Crippen LogP contribution in [0.15, 0.2) is 0 Å². The van der Waals surface area contributed by atoms with E-state index in [0.717, 1.165) is 0 Å². The highest BCUT2D eigenvalue weighted by atomic mass is 16.3. The summed E-state index contributed by atoms with van der Waals surface area (Å²) in [6.07, 6.45) is 0.665. The van der Waals surface area contributed by atoms with Crippen molar-refractivity contribution in [3.05, 3.63) is 0 Å². The van der Waals surface area contributed by atoms with Crippen LogP contribution in [0.2, 0.25) is 0 Å². The maximum absolute atomic E-state index is 13.5. The Morgan fingerprint density at radius 2 is 1.82 bits per heavy atom. The number of aliphatic hydroxyl groups excluding tert-OH is 1. The van der Waals surface area contributed by atoms with Gasteiger partial charge < -0.3 is 30.9 Å². The third-order valence-electron chi connectivity index (χ3n) is 5.95. The van der Waals surface area contributed by atoms with Gasteiger partial charge in [-0.05, 0) is 25.8 Å². The lowest BCUT2D eigenvalue weighted by atomic mass is 9.85. The molecule has 0 unspecified atom stereocenters. The largest absolute Gasteiger partial charge is 0.396 e. The number of carbonyl (C=O) groups is 3. The quantitative estimate of drug-likeness (QED) is 0.493. The minimum absolute atomic E-state index is 0.0955. The van der Waals surface area contributed by atoms with Crippen molar-refractivity contribution in [1.82, 2.24) is 25.8 Å². The van der Waals surface area contributed by atoms with E-state index in [1.807, 2.05) is 20.8 Å². The molecule has 0 radical (unpaired) electrons. The lowest BCUT2D eigenvalue weighted by Gasteiger charge is -2.37. The second kappa shape index (κ2) is 8.65. The van der Waals surface area contributed by atoms with Crippen molar-refractivity contribution in [3.63, 3.8) is 0 Å². The summed E-state index contributed by atoms with van der Waals surface area (Å²) in [7, 11) is 3.27. The molecule has 2 fully saturated rings. The molecule has 0 aromatic heterocycles. The molecule has 0 saturated carbocycles. The summed E-state index contributed by atoms with van der Waals surface area (Å²) < 4.78 is 0. The molecule has 0 bridgehead atoms. The van der Waals surface area contributed by atoms with Gasteiger partial charge in [-0.25, -0.2) is 4.79 Å². The van der Waals surface area contributed by atoms with Crippen LogP contribution in [0, 0.1) is 11.3 Å². The maximum Gasteiger partial charge on any atom is 0.317 e. The van der Waals surface area contributed by atoms with E-state index in [4.69, 9.17) is 0 Å². The highest BCUT2D eigenvalue weighted by molar-refractivity contribution is 5.90. The van der Waals surface area contributed by atoms with Crippen molar-refractivity contribution in [2.75, 3.05) is 33.8 Å².